The van der Waals surface area contributed by atoms with Gasteiger partial charge in [0.15, 0.2) is 0 Å². The maximum Gasteiger partial charge on any atom is 0.270 e. The van der Waals surface area contributed by atoms with Gasteiger partial charge in [0.05, 0.1) is 5.75 Å². The summed E-state index contributed by atoms with van der Waals surface area (Å²) in [5.41, 5.74) is -0.341. The first kappa shape index (κ1) is 16.9. The summed E-state index contributed by atoms with van der Waals surface area (Å²) in [6.07, 6.45) is 0. The number of sulfonamides is 1. The van der Waals surface area contributed by atoms with Gasteiger partial charge in [-0.2, -0.15) is 0 Å². The normalized spacial score (nSPS) is 13.7. The van der Waals surface area contributed by atoms with Gasteiger partial charge >= 0.3 is 0 Å². The second-order valence-corrected chi connectivity index (χ2v) is 11.1. The van der Waals surface area contributed by atoms with Crippen LogP contribution in [-0.2, 0) is 25.6 Å². The number of rotatable bonds is 5. The predicted octanol–water partition coefficient (Wildman–Crippen LogP) is 2.14. The van der Waals surface area contributed by atoms with Crippen LogP contribution in [0.15, 0.2) is 16.3 Å². The molecule has 9 heteroatoms. The highest BCUT2D eigenvalue weighted by atomic mass is 35.7. The van der Waals surface area contributed by atoms with E-state index in [1.807, 2.05) is 20.8 Å². The van der Waals surface area contributed by atoms with Gasteiger partial charge in [-0.1, -0.05) is 20.8 Å². The molecule has 0 saturated carbocycles. The first-order chi connectivity index (χ1) is 8.39. The zero-order chi connectivity index (χ0) is 14.9. The zero-order valence-corrected chi connectivity index (χ0v) is 14.0. The molecule has 0 unspecified atom stereocenters. The van der Waals surface area contributed by atoms with E-state index in [4.69, 9.17) is 10.7 Å². The fraction of sp³-hybridized carbons (Fsp3) is 0.600. The molecule has 1 N–H and O–H groups in total. The van der Waals surface area contributed by atoms with E-state index >= 15 is 0 Å². The SMILES string of the molecule is CC(C)(C)CS(=O)(=O)NCc1ccc(S(=O)(=O)Cl)s1. The highest BCUT2D eigenvalue weighted by Crippen LogP contribution is 2.25. The van der Waals surface area contributed by atoms with E-state index in [1.54, 1.807) is 6.07 Å². The first-order valence-electron chi connectivity index (χ1n) is 5.40. The second kappa shape index (κ2) is 5.69. The Hall–Kier alpha value is -0.150. The maximum absolute atomic E-state index is 11.8. The van der Waals surface area contributed by atoms with Crippen molar-refractivity contribution >= 4 is 41.1 Å². The van der Waals surface area contributed by atoms with Gasteiger partial charge in [0.2, 0.25) is 10.0 Å². The molecule has 19 heavy (non-hydrogen) atoms. The summed E-state index contributed by atoms with van der Waals surface area (Å²) in [6.45, 7) is 5.55. The van der Waals surface area contributed by atoms with Crippen molar-refractivity contribution in [2.75, 3.05) is 5.75 Å². The predicted molar refractivity (Wildman–Crippen MR) is 77.4 cm³/mol. The molecule has 0 saturated heterocycles. The topological polar surface area (TPSA) is 80.3 Å². The van der Waals surface area contributed by atoms with Crippen LogP contribution in [0, 0.1) is 5.41 Å². The van der Waals surface area contributed by atoms with E-state index in [1.165, 1.54) is 6.07 Å². The van der Waals surface area contributed by atoms with Gasteiger partial charge in [0.25, 0.3) is 9.05 Å². The second-order valence-electron chi connectivity index (χ2n) is 5.30. The fourth-order valence-electron chi connectivity index (χ4n) is 1.39. The Labute approximate surface area is 122 Å². The van der Waals surface area contributed by atoms with Crippen LogP contribution in [0.2, 0.25) is 0 Å². The highest BCUT2D eigenvalue weighted by Gasteiger charge is 2.21. The van der Waals surface area contributed by atoms with Crippen LogP contribution < -0.4 is 4.72 Å². The Bertz CT molecular complexity index is 641. The lowest BCUT2D eigenvalue weighted by atomic mass is 10.0. The van der Waals surface area contributed by atoms with Crippen LogP contribution in [0.1, 0.15) is 25.6 Å². The summed E-state index contributed by atoms with van der Waals surface area (Å²) >= 11 is 0.952. The molecular formula is C10H16ClNO4S3. The van der Waals surface area contributed by atoms with Gasteiger partial charge in [0.1, 0.15) is 4.21 Å². The van der Waals surface area contributed by atoms with Crippen molar-refractivity contribution in [3.8, 4) is 0 Å². The van der Waals surface area contributed by atoms with E-state index in [-0.39, 0.29) is 21.9 Å². The molecule has 1 rings (SSSR count). The van der Waals surface area contributed by atoms with Gasteiger partial charge in [-0.25, -0.2) is 21.6 Å². The van der Waals surface area contributed by atoms with E-state index in [0.29, 0.717) is 4.88 Å². The number of hydrogen-bond acceptors (Lipinski definition) is 5. The third-order valence-corrected chi connectivity index (χ3v) is 6.97. The van der Waals surface area contributed by atoms with Crippen LogP contribution >= 0.6 is 22.0 Å². The van der Waals surface area contributed by atoms with Crippen molar-refractivity contribution in [2.24, 2.45) is 5.41 Å². The molecule has 0 aliphatic carbocycles. The van der Waals surface area contributed by atoms with Crippen molar-refractivity contribution < 1.29 is 16.8 Å². The van der Waals surface area contributed by atoms with Gasteiger partial charge in [-0.15, -0.1) is 11.3 Å². The number of nitrogens with one attached hydrogen (secondary N) is 1. The number of thiophene rings is 1. The summed E-state index contributed by atoms with van der Waals surface area (Å²) in [5.74, 6) is 0.00599. The van der Waals surface area contributed by atoms with Crippen molar-refractivity contribution in [1.82, 2.24) is 4.72 Å². The quantitative estimate of drug-likeness (QED) is 0.829. The van der Waals surface area contributed by atoms with Crippen molar-refractivity contribution in [3.05, 3.63) is 17.0 Å². The molecule has 0 bridgehead atoms. The standard InChI is InChI=1S/C10H16ClNO4S3/c1-10(2,3)7-18(13,14)12-6-8-4-5-9(17-8)19(11,15)16/h4-5,12H,6-7H2,1-3H3. The highest BCUT2D eigenvalue weighted by molar-refractivity contribution is 8.15. The summed E-state index contributed by atoms with van der Waals surface area (Å²) in [4.78, 5) is 0.594. The van der Waals surface area contributed by atoms with E-state index in [0.717, 1.165) is 11.3 Å². The molecule has 0 amide bonds. The van der Waals surface area contributed by atoms with Gasteiger partial charge in [0, 0.05) is 22.1 Å². The Balaban J connectivity index is 2.70. The van der Waals surface area contributed by atoms with Crippen LogP contribution in [0.5, 0.6) is 0 Å². The lowest BCUT2D eigenvalue weighted by Crippen LogP contribution is -2.31. The van der Waals surface area contributed by atoms with Gasteiger partial charge < -0.3 is 0 Å². The Morgan fingerprint density at radius 2 is 1.79 bits per heavy atom. The molecule has 1 heterocycles. The van der Waals surface area contributed by atoms with Crippen LogP contribution in [-0.4, -0.2) is 22.6 Å². The molecule has 1 aromatic heterocycles. The first-order valence-corrected chi connectivity index (χ1v) is 10.2. The lowest BCUT2D eigenvalue weighted by molar-refractivity contribution is 0.458. The van der Waals surface area contributed by atoms with Gasteiger partial charge in [-0.05, 0) is 17.5 Å². The molecular weight excluding hydrogens is 330 g/mol. The average Bonchev–Trinajstić information content (AvgIpc) is 2.58. The molecule has 0 fully saturated rings. The van der Waals surface area contributed by atoms with Crippen molar-refractivity contribution in [2.45, 2.75) is 31.5 Å². The molecule has 110 valence electrons. The fourth-order valence-corrected chi connectivity index (χ4v) is 5.16. The minimum absolute atomic E-state index is 0.00599. The molecule has 0 aromatic carbocycles. The molecule has 0 spiro atoms. The monoisotopic (exact) mass is 345 g/mol. The molecule has 0 radical (unpaired) electrons. The molecule has 0 atom stereocenters. The van der Waals surface area contributed by atoms with Crippen molar-refractivity contribution in [3.63, 3.8) is 0 Å². The summed E-state index contributed by atoms with van der Waals surface area (Å²) in [7, 11) is -1.95. The van der Waals surface area contributed by atoms with Crippen molar-refractivity contribution in [1.29, 1.82) is 0 Å². The molecule has 0 aliphatic rings. The molecule has 1 aromatic rings. The van der Waals surface area contributed by atoms with Crippen LogP contribution in [0.25, 0.3) is 0 Å². The lowest BCUT2D eigenvalue weighted by Gasteiger charge is -2.18. The smallest absolute Gasteiger partial charge is 0.212 e. The zero-order valence-electron chi connectivity index (χ0n) is 10.8. The Morgan fingerprint density at radius 1 is 1.21 bits per heavy atom. The largest absolute Gasteiger partial charge is 0.270 e. The van der Waals surface area contributed by atoms with E-state index in [9.17, 15) is 16.8 Å². The molecule has 0 aliphatic heterocycles. The summed E-state index contributed by atoms with van der Waals surface area (Å²) < 4.78 is 48.1. The van der Waals surface area contributed by atoms with Crippen LogP contribution in [0.3, 0.4) is 0 Å². The Morgan fingerprint density at radius 3 is 2.21 bits per heavy atom. The number of hydrogen-bond donors (Lipinski definition) is 1. The van der Waals surface area contributed by atoms with E-state index in [2.05, 4.69) is 4.72 Å². The molecule has 5 nitrogen and oxygen atoms in total. The maximum atomic E-state index is 11.8. The number of halogens is 1. The van der Waals surface area contributed by atoms with Gasteiger partial charge in [-0.3, -0.25) is 0 Å². The third kappa shape index (κ3) is 6.22. The summed E-state index contributed by atoms with van der Waals surface area (Å²) in [5, 5.41) is 0. The third-order valence-electron chi connectivity index (χ3n) is 1.97. The summed E-state index contributed by atoms with van der Waals surface area (Å²) in [6, 6.07) is 2.90. The minimum atomic E-state index is -3.75. The minimum Gasteiger partial charge on any atom is -0.212 e. The average molecular weight is 346 g/mol. The van der Waals surface area contributed by atoms with E-state index < -0.39 is 19.1 Å². The van der Waals surface area contributed by atoms with Crippen LogP contribution in [0.4, 0.5) is 0 Å². The Kier molecular flexibility index (Phi) is 5.06.